The van der Waals surface area contributed by atoms with Crippen molar-refractivity contribution in [3.8, 4) is 0 Å². The summed E-state index contributed by atoms with van der Waals surface area (Å²) in [5.74, 6) is 0.0115. The summed E-state index contributed by atoms with van der Waals surface area (Å²) in [5.41, 5.74) is -0.358. The SMILES string of the molecule is C[CH]OC(=O)N(C)[C@]1(c2ccccc2Cl)CCCCC1=O. The number of carbonyl (C=O) groups is 2. The van der Waals surface area contributed by atoms with Crippen molar-refractivity contribution in [2.24, 2.45) is 0 Å². The Morgan fingerprint density at radius 1 is 1.38 bits per heavy atom. The molecule has 4 nitrogen and oxygen atoms in total. The first-order chi connectivity index (χ1) is 10.0. The second-order valence-electron chi connectivity index (χ2n) is 5.15. The molecule has 1 fully saturated rings. The Bertz CT molecular complexity index is 546. The topological polar surface area (TPSA) is 46.6 Å². The van der Waals surface area contributed by atoms with Crippen LogP contribution in [0.4, 0.5) is 4.79 Å². The summed E-state index contributed by atoms with van der Waals surface area (Å²) in [6, 6.07) is 7.19. The molecule has 1 aliphatic rings. The van der Waals surface area contributed by atoms with Crippen molar-refractivity contribution in [3.63, 3.8) is 0 Å². The highest BCUT2D eigenvalue weighted by Crippen LogP contribution is 2.42. The van der Waals surface area contributed by atoms with Gasteiger partial charge in [0.15, 0.2) is 5.78 Å². The molecule has 0 spiro atoms. The van der Waals surface area contributed by atoms with E-state index in [9.17, 15) is 9.59 Å². The van der Waals surface area contributed by atoms with Crippen LogP contribution in [0.5, 0.6) is 0 Å². The molecule has 0 heterocycles. The van der Waals surface area contributed by atoms with Gasteiger partial charge in [-0.3, -0.25) is 9.69 Å². The molecule has 1 radical (unpaired) electrons. The van der Waals surface area contributed by atoms with Crippen LogP contribution in [0.15, 0.2) is 24.3 Å². The molecule has 1 amide bonds. The zero-order valence-electron chi connectivity index (χ0n) is 12.3. The van der Waals surface area contributed by atoms with Gasteiger partial charge in [0.1, 0.15) is 12.1 Å². The quantitative estimate of drug-likeness (QED) is 0.850. The van der Waals surface area contributed by atoms with E-state index in [2.05, 4.69) is 0 Å². The van der Waals surface area contributed by atoms with Crippen molar-refractivity contribution < 1.29 is 14.3 Å². The number of rotatable bonds is 3. The van der Waals surface area contributed by atoms with E-state index in [1.165, 1.54) is 11.5 Å². The fourth-order valence-corrected chi connectivity index (χ4v) is 3.26. The van der Waals surface area contributed by atoms with E-state index in [-0.39, 0.29) is 5.78 Å². The maximum atomic E-state index is 12.7. The Morgan fingerprint density at radius 3 is 2.71 bits per heavy atom. The number of halogens is 1. The smallest absolute Gasteiger partial charge is 0.411 e. The summed E-state index contributed by atoms with van der Waals surface area (Å²) in [5, 5.41) is 0.493. The van der Waals surface area contributed by atoms with Crippen molar-refractivity contribution in [1.29, 1.82) is 0 Å². The van der Waals surface area contributed by atoms with Crippen LogP contribution in [0, 0.1) is 6.61 Å². The summed E-state index contributed by atoms with van der Waals surface area (Å²) >= 11 is 6.30. The fourth-order valence-electron chi connectivity index (χ4n) is 2.97. The van der Waals surface area contributed by atoms with E-state index in [4.69, 9.17) is 16.3 Å². The number of nitrogens with zero attached hydrogens (tertiary/aromatic N) is 1. The van der Waals surface area contributed by atoms with Crippen LogP contribution in [0.25, 0.3) is 0 Å². The lowest BCUT2D eigenvalue weighted by Crippen LogP contribution is -2.54. The summed E-state index contributed by atoms with van der Waals surface area (Å²) < 4.78 is 4.96. The third-order valence-electron chi connectivity index (χ3n) is 4.04. The predicted molar refractivity (Wildman–Crippen MR) is 80.8 cm³/mol. The normalized spacial score (nSPS) is 22.0. The molecule has 0 aromatic heterocycles. The molecule has 1 atom stereocenters. The van der Waals surface area contributed by atoms with Gasteiger partial charge in [0.05, 0.1) is 0 Å². The number of hydrogen-bond donors (Lipinski definition) is 0. The van der Waals surface area contributed by atoms with Crippen molar-refractivity contribution in [3.05, 3.63) is 41.5 Å². The van der Waals surface area contributed by atoms with Gasteiger partial charge in [-0.15, -0.1) is 0 Å². The first kappa shape index (κ1) is 15.8. The molecule has 0 unspecified atom stereocenters. The van der Waals surface area contributed by atoms with E-state index in [0.717, 1.165) is 12.8 Å². The lowest BCUT2D eigenvalue weighted by Gasteiger charge is -2.43. The first-order valence-electron chi connectivity index (χ1n) is 7.04. The number of Topliss-reactive ketones (excluding diaryl/α,β-unsaturated/α-hetero) is 1. The number of amides is 1. The Morgan fingerprint density at radius 2 is 2.10 bits per heavy atom. The lowest BCUT2D eigenvalue weighted by atomic mass is 9.74. The third-order valence-corrected chi connectivity index (χ3v) is 4.37. The number of ether oxygens (including phenoxy) is 1. The average Bonchev–Trinajstić information content (AvgIpc) is 2.48. The van der Waals surface area contributed by atoms with Crippen LogP contribution >= 0.6 is 11.6 Å². The van der Waals surface area contributed by atoms with Crippen molar-refractivity contribution >= 4 is 23.5 Å². The summed E-state index contributed by atoms with van der Waals surface area (Å²) in [7, 11) is 1.60. The summed E-state index contributed by atoms with van der Waals surface area (Å²) in [4.78, 5) is 26.2. The molecule has 1 aromatic carbocycles. The van der Waals surface area contributed by atoms with Crippen molar-refractivity contribution in [2.45, 2.75) is 38.1 Å². The summed E-state index contributed by atoms with van der Waals surface area (Å²) in [6.45, 7) is 2.93. The van der Waals surface area contributed by atoms with Crippen LogP contribution in [0.1, 0.15) is 38.2 Å². The first-order valence-corrected chi connectivity index (χ1v) is 7.42. The number of benzene rings is 1. The molecule has 0 saturated heterocycles. The summed E-state index contributed by atoms with van der Waals surface area (Å²) in [6.07, 6.45) is 2.16. The largest absolute Gasteiger partial charge is 0.442 e. The molecule has 0 N–H and O–H groups in total. The molecule has 5 heteroatoms. The van der Waals surface area contributed by atoms with Crippen LogP contribution in [-0.4, -0.2) is 23.8 Å². The minimum absolute atomic E-state index is 0.0115. The highest BCUT2D eigenvalue weighted by Gasteiger charge is 2.48. The van der Waals surface area contributed by atoms with Crippen LogP contribution in [0.3, 0.4) is 0 Å². The van der Waals surface area contributed by atoms with Gasteiger partial charge in [0, 0.05) is 24.1 Å². The Hall–Kier alpha value is -1.55. The second-order valence-corrected chi connectivity index (χ2v) is 5.56. The maximum Gasteiger partial charge on any atom is 0.411 e. The fraction of sp³-hybridized carbons (Fsp3) is 0.438. The molecule has 0 bridgehead atoms. The van der Waals surface area contributed by atoms with Gasteiger partial charge in [-0.2, -0.15) is 0 Å². The average molecular weight is 309 g/mol. The Balaban J connectivity index is 2.52. The minimum Gasteiger partial charge on any atom is -0.442 e. The standard InChI is InChI=1S/C16H19ClNO3/c1-3-21-15(20)18(2)16(11-7-6-10-14(16)19)12-8-4-5-9-13(12)17/h3-5,8-9H,6-7,10-11H2,1-2H3/t16-/m0/s1. The molecule has 21 heavy (non-hydrogen) atoms. The van der Waals surface area contributed by atoms with Crippen molar-refractivity contribution in [1.82, 2.24) is 4.90 Å². The molecule has 113 valence electrons. The van der Waals surface area contributed by atoms with Gasteiger partial charge in [0.25, 0.3) is 0 Å². The van der Waals surface area contributed by atoms with Gasteiger partial charge < -0.3 is 4.74 Å². The van der Waals surface area contributed by atoms with Crippen LogP contribution in [-0.2, 0) is 15.1 Å². The Kier molecular flexibility index (Phi) is 4.88. The van der Waals surface area contributed by atoms with E-state index in [1.807, 2.05) is 18.2 Å². The third kappa shape index (κ3) is 2.77. The number of hydrogen-bond acceptors (Lipinski definition) is 3. The molecule has 1 aliphatic carbocycles. The van der Waals surface area contributed by atoms with Crippen LogP contribution < -0.4 is 0 Å². The van der Waals surface area contributed by atoms with Gasteiger partial charge in [-0.1, -0.05) is 29.8 Å². The lowest BCUT2D eigenvalue weighted by molar-refractivity contribution is -0.133. The Labute approximate surface area is 130 Å². The minimum atomic E-state index is -1.03. The predicted octanol–water partition coefficient (Wildman–Crippen LogP) is 3.93. The second kappa shape index (κ2) is 6.48. The van der Waals surface area contributed by atoms with E-state index in [0.29, 0.717) is 23.4 Å². The van der Waals surface area contributed by atoms with Gasteiger partial charge >= 0.3 is 6.09 Å². The zero-order valence-corrected chi connectivity index (χ0v) is 13.0. The van der Waals surface area contributed by atoms with E-state index >= 15 is 0 Å². The van der Waals surface area contributed by atoms with Gasteiger partial charge in [0.2, 0.25) is 0 Å². The molecule has 1 aromatic rings. The van der Waals surface area contributed by atoms with Gasteiger partial charge in [-0.05, 0) is 32.3 Å². The highest BCUT2D eigenvalue weighted by molar-refractivity contribution is 6.31. The number of carbonyl (C=O) groups excluding carboxylic acids is 2. The molecule has 2 rings (SSSR count). The molecule has 0 aliphatic heterocycles. The van der Waals surface area contributed by atoms with Crippen LogP contribution in [0.2, 0.25) is 5.02 Å². The van der Waals surface area contributed by atoms with Gasteiger partial charge in [-0.25, -0.2) is 4.79 Å². The number of likely N-dealkylation sites (N-methyl/N-ethyl adjacent to an activating group) is 1. The van der Waals surface area contributed by atoms with Crippen molar-refractivity contribution in [2.75, 3.05) is 7.05 Å². The number of ketones is 1. The molecular formula is C16H19ClNO3. The van der Waals surface area contributed by atoms with E-state index < -0.39 is 11.6 Å². The molecular weight excluding hydrogens is 290 g/mol. The molecule has 1 saturated carbocycles. The highest BCUT2D eigenvalue weighted by atomic mass is 35.5. The van der Waals surface area contributed by atoms with E-state index in [1.54, 1.807) is 20.0 Å². The maximum absolute atomic E-state index is 12.7. The zero-order chi connectivity index (χ0) is 15.5. The monoisotopic (exact) mass is 308 g/mol.